The molecule has 0 atom stereocenters. The minimum absolute atomic E-state index is 0.0968. The van der Waals surface area contributed by atoms with Gasteiger partial charge in [0.25, 0.3) is 17.6 Å². The number of carbonyl (C=O) groups is 3. The Morgan fingerprint density at radius 2 is 1.76 bits per heavy atom. The van der Waals surface area contributed by atoms with Crippen molar-refractivity contribution in [2.24, 2.45) is 0 Å². The van der Waals surface area contributed by atoms with E-state index < -0.39 is 11.7 Å². The van der Waals surface area contributed by atoms with E-state index in [1.165, 1.54) is 30.8 Å². The summed E-state index contributed by atoms with van der Waals surface area (Å²) >= 11 is 0. The number of hydrogen-bond donors (Lipinski definition) is 1. The van der Waals surface area contributed by atoms with Crippen LogP contribution in [-0.4, -0.2) is 80.8 Å². The van der Waals surface area contributed by atoms with Crippen LogP contribution in [-0.2, 0) is 4.79 Å². The summed E-state index contributed by atoms with van der Waals surface area (Å²) < 4.78 is 10.2. The predicted octanol–water partition coefficient (Wildman–Crippen LogP) is 1.79. The molecule has 2 amide bonds. The first-order valence-electron chi connectivity index (χ1n) is 10.6. The third-order valence-electron chi connectivity index (χ3n) is 5.78. The largest absolute Gasteiger partial charge is 0.480 e. The molecule has 0 saturated carbocycles. The molecule has 4 aromatic rings. The van der Waals surface area contributed by atoms with E-state index in [4.69, 9.17) is 9.26 Å². The lowest BCUT2D eigenvalue weighted by atomic mass is 10.1. The number of rotatable bonds is 5. The molecule has 0 bridgehead atoms. The molecule has 1 N–H and O–H groups in total. The maximum Gasteiger partial charge on any atom is 0.295 e. The van der Waals surface area contributed by atoms with Crippen LogP contribution in [0.2, 0.25) is 0 Å². The van der Waals surface area contributed by atoms with Crippen molar-refractivity contribution in [2.75, 3.05) is 33.3 Å². The van der Waals surface area contributed by atoms with Gasteiger partial charge in [-0.1, -0.05) is 23.4 Å². The maximum atomic E-state index is 13.2. The van der Waals surface area contributed by atoms with Crippen LogP contribution in [0.5, 0.6) is 5.88 Å². The van der Waals surface area contributed by atoms with E-state index in [2.05, 4.69) is 20.1 Å². The number of pyridine rings is 1. The van der Waals surface area contributed by atoms with Gasteiger partial charge in [-0.05, 0) is 12.1 Å². The van der Waals surface area contributed by atoms with Crippen LogP contribution < -0.4 is 4.74 Å². The van der Waals surface area contributed by atoms with E-state index in [9.17, 15) is 14.4 Å². The van der Waals surface area contributed by atoms with Gasteiger partial charge in [-0.25, -0.2) is 4.98 Å². The summed E-state index contributed by atoms with van der Waals surface area (Å²) in [5, 5.41) is 4.18. The summed E-state index contributed by atoms with van der Waals surface area (Å²) in [6.45, 7) is 1.20. The third kappa shape index (κ3) is 3.66. The lowest BCUT2D eigenvalue weighted by Crippen LogP contribution is -2.52. The van der Waals surface area contributed by atoms with E-state index in [1.807, 2.05) is 6.07 Å². The number of ether oxygens (including phenoxy) is 1. The predicted molar refractivity (Wildman–Crippen MR) is 119 cm³/mol. The van der Waals surface area contributed by atoms with Crippen molar-refractivity contribution in [1.29, 1.82) is 0 Å². The number of piperazine rings is 1. The van der Waals surface area contributed by atoms with Crippen LogP contribution in [0.3, 0.4) is 0 Å². The molecule has 0 radical (unpaired) electrons. The van der Waals surface area contributed by atoms with Crippen molar-refractivity contribution in [2.45, 2.75) is 0 Å². The zero-order valence-corrected chi connectivity index (χ0v) is 18.2. The van der Waals surface area contributed by atoms with Gasteiger partial charge < -0.3 is 24.0 Å². The lowest BCUT2D eigenvalue weighted by molar-refractivity contribution is -0.127. The van der Waals surface area contributed by atoms with E-state index in [-0.39, 0.29) is 36.3 Å². The molecule has 0 aliphatic carbocycles. The van der Waals surface area contributed by atoms with Crippen molar-refractivity contribution in [3.05, 3.63) is 60.2 Å². The average molecular weight is 460 g/mol. The monoisotopic (exact) mass is 460 g/mol. The standard InChI is InChI=1S/C23H20N6O5/c1-33-21-17-15(11-24-18(17)16(12-25-21)20-26-13-34-27-20)19(30)23(32)29-9-7-28(8-10-29)22(31)14-5-3-2-4-6-14/h2-6,11-13,24H,7-10H2,1H3. The van der Waals surface area contributed by atoms with Crippen molar-refractivity contribution in [3.8, 4) is 17.3 Å². The molecule has 5 rings (SSSR count). The minimum atomic E-state index is -0.695. The fourth-order valence-corrected chi connectivity index (χ4v) is 4.04. The Morgan fingerprint density at radius 1 is 1.03 bits per heavy atom. The summed E-state index contributed by atoms with van der Waals surface area (Å²) in [6.07, 6.45) is 4.14. The second-order valence-electron chi connectivity index (χ2n) is 7.67. The number of fused-ring (bicyclic) bond motifs is 1. The Morgan fingerprint density at radius 3 is 2.44 bits per heavy atom. The number of amides is 2. The number of nitrogens with zero attached hydrogens (tertiary/aromatic N) is 5. The van der Waals surface area contributed by atoms with Crippen molar-refractivity contribution >= 4 is 28.5 Å². The van der Waals surface area contributed by atoms with Crippen molar-refractivity contribution in [3.63, 3.8) is 0 Å². The van der Waals surface area contributed by atoms with Gasteiger partial charge >= 0.3 is 0 Å². The van der Waals surface area contributed by atoms with Gasteiger partial charge in [-0.2, -0.15) is 4.98 Å². The molecule has 4 heterocycles. The number of Topliss-reactive ketones (excluding diaryl/α,β-unsaturated/α-hetero) is 1. The lowest BCUT2D eigenvalue weighted by Gasteiger charge is -2.34. The first kappa shape index (κ1) is 21.3. The number of aromatic amines is 1. The number of H-pyrrole nitrogens is 1. The number of aromatic nitrogens is 4. The van der Waals surface area contributed by atoms with E-state index in [0.29, 0.717) is 35.1 Å². The first-order valence-corrected chi connectivity index (χ1v) is 10.6. The van der Waals surface area contributed by atoms with Crippen LogP contribution in [0.15, 0.2) is 53.6 Å². The average Bonchev–Trinajstić information content (AvgIpc) is 3.58. The van der Waals surface area contributed by atoms with E-state index >= 15 is 0 Å². The van der Waals surface area contributed by atoms with Gasteiger partial charge in [-0.3, -0.25) is 14.4 Å². The number of methoxy groups -OCH3 is 1. The van der Waals surface area contributed by atoms with Gasteiger partial charge in [0, 0.05) is 44.1 Å². The highest BCUT2D eigenvalue weighted by Gasteiger charge is 2.31. The number of benzene rings is 1. The first-order chi connectivity index (χ1) is 16.6. The van der Waals surface area contributed by atoms with Gasteiger partial charge in [0.1, 0.15) is 0 Å². The zero-order valence-electron chi connectivity index (χ0n) is 18.2. The number of ketones is 1. The Kier molecular flexibility index (Phi) is 5.50. The molecule has 3 aromatic heterocycles. The molecule has 1 aliphatic heterocycles. The molecule has 0 unspecified atom stereocenters. The molecule has 11 heteroatoms. The number of nitrogens with one attached hydrogen (secondary N) is 1. The second-order valence-corrected chi connectivity index (χ2v) is 7.67. The Hall–Kier alpha value is -4.54. The molecule has 1 aliphatic rings. The van der Waals surface area contributed by atoms with Gasteiger partial charge in [0.05, 0.1) is 29.1 Å². The zero-order chi connectivity index (χ0) is 23.7. The van der Waals surface area contributed by atoms with Crippen LogP contribution in [0.4, 0.5) is 0 Å². The van der Waals surface area contributed by atoms with Crippen molar-refractivity contribution in [1.82, 2.24) is 29.9 Å². The van der Waals surface area contributed by atoms with Crippen LogP contribution in [0, 0.1) is 0 Å². The molecular formula is C23H20N6O5. The highest BCUT2D eigenvalue weighted by atomic mass is 16.5. The molecule has 1 saturated heterocycles. The van der Waals surface area contributed by atoms with Crippen LogP contribution >= 0.6 is 0 Å². The quantitative estimate of drug-likeness (QED) is 0.352. The normalized spacial score (nSPS) is 13.8. The Labute approximate surface area is 193 Å². The summed E-state index contributed by atoms with van der Waals surface area (Å²) in [6, 6.07) is 8.97. The summed E-state index contributed by atoms with van der Waals surface area (Å²) in [5.41, 5.74) is 1.73. The topological polar surface area (TPSA) is 135 Å². The molecule has 172 valence electrons. The van der Waals surface area contributed by atoms with E-state index in [0.717, 1.165) is 0 Å². The van der Waals surface area contributed by atoms with Crippen LogP contribution in [0.25, 0.3) is 22.3 Å². The fourth-order valence-electron chi connectivity index (χ4n) is 4.04. The van der Waals surface area contributed by atoms with Gasteiger partial charge in [-0.15, -0.1) is 0 Å². The number of hydrogen-bond acceptors (Lipinski definition) is 8. The van der Waals surface area contributed by atoms with Gasteiger partial charge in [0.15, 0.2) is 0 Å². The molecule has 1 fully saturated rings. The maximum absolute atomic E-state index is 13.2. The SMILES string of the molecule is COc1ncc(-c2ncon2)c2[nH]cc(C(=O)C(=O)N3CCN(C(=O)c4ccccc4)CC3)c12. The van der Waals surface area contributed by atoms with Crippen LogP contribution in [0.1, 0.15) is 20.7 Å². The summed E-state index contributed by atoms with van der Waals surface area (Å²) in [5.74, 6) is -0.968. The smallest absolute Gasteiger partial charge is 0.295 e. The molecular weight excluding hydrogens is 440 g/mol. The Bertz CT molecular complexity index is 1360. The highest BCUT2D eigenvalue weighted by molar-refractivity contribution is 6.45. The second kappa shape index (κ2) is 8.77. The number of carbonyl (C=O) groups excluding carboxylic acids is 3. The summed E-state index contributed by atoms with van der Waals surface area (Å²) in [7, 11) is 1.43. The molecule has 0 spiro atoms. The van der Waals surface area contributed by atoms with E-state index in [1.54, 1.807) is 29.2 Å². The highest BCUT2D eigenvalue weighted by Crippen LogP contribution is 2.33. The molecule has 34 heavy (non-hydrogen) atoms. The Balaban J connectivity index is 1.36. The van der Waals surface area contributed by atoms with Gasteiger partial charge in [0.2, 0.25) is 18.1 Å². The summed E-state index contributed by atoms with van der Waals surface area (Å²) in [4.78, 5) is 53.3. The third-order valence-corrected chi connectivity index (χ3v) is 5.78. The molecule has 1 aromatic carbocycles. The van der Waals surface area contributed by atoms with Crippen molar-refractivity contribution < 1.29 is 23.6 Å². The fraction of sp³-hybridized carbons (Fsp3) is 0.217. The molecule has 11 nitrogen and oxygen atoms in total. The minimum Gasteiger partial charge on any atom is -0.480 e.